The molecule has 1 heterocycles. The van der Waals surface area contributed by atoms with Crippen molar-refractivity contribution in [2.45, 2.75) is 25.8 Å². The molecule has 0 radical (unpaired) electrons. The van der Waals surface area contributed by atoms with Crippen molar-refractivity contribution >= 4 is 5.97 Å². The predicted octanol–water partition coefficient (Wildman–Crippen LogP) is 0.801. The molecule has 0 unspecified atom stereocenters. The Morgan fingerprint density at radius 2 is 2.36 bits per heavy atom. The van der Waals surface area contributed by atoms with Crippen molar-refractivity contribution in [3.8, 4) is 0 Å². The molecule has 1 rings (SSSR count). The van der Waals surface area contributed by atoms with E-state index in [9.17, 15) is 4.79 Å². The molecule has 1 aliphatic rings. The van der Waals surface area contributed by atoms with Crippen LogP contribution in [-0.2, 0) is 4.79 Å². The van der Waals surface area contributed by atoms with Crippen LogP contribution in [0.2, 0.25) is 0 Å². The molecule has 0 aliphatic carbocycles. The summed E-state index contributed by atoms with van der Waals surface area (Å²) >= 11 is 0. The third-order valence-electron chi connectivity index (χ3n) is 2.51. The van der Waals surface area contributed by atoms with Crippen molar-refractivity contribution in [2.75, 3.05) is 13.6 Å². The van der Waals surface area contributed by atoms with E-state index in [1.807, 2.05) is 7.05 Å². The van der Waals surface area contributed by atoms with Crippen LogP contribution in [-0.4, -0.2) is 35.6 Å². The van der Waals surface area contributed by atoms with E-state index in [2.05, 4.69) is 11.8 Å². The minimum Gasteiger partial charge on any atom is -0.481 e. The normalized spacial score (nSPS) is 32.5. The molecule has 11 heavy (non-hydrogen) atoms. The topological polar surface area (TPSA) is 40.5 Å². The second kappa shape index (κ2) is 3.22. The molecule has 1 fully saturated rings. The highest BCUT2D eigenvalue weighted by Gasteiger charge is 2.32. The minimum absolute atomic E-state index is 0.134. The van der Waals surface area contributed by atoms with E-state index in [-0.39, 0.29) is 5.92 Å². The third kappa shape index (κ3) is 1.71. The van der Waals surface area contributed by atoms with Gasteiger partial charge < -0.3 is 10.0 Å². The van der Waals surface area contributed by atoms with Gasteiger partial charge in [-0.25, -0.2) is 0 Å². The quantitative estimate of drug-likeness (QED) is 0.644. The van der Waals surface area contributed by atoms with Gasteiger partial charge in [0.05, 0.1) is 5.92 Å². The number of rotatable bonds is 2. The number of carboxylic acid groups (broad SMARTS) is 1. The molecule has 0 amide bonds. The number of carboxylic acids is 1. The average Bonchev–Trinajstić information content (AvgIpc) is 2.31. The summed E-state index contributed by atoms with van der Waals surface area (Å²) in [5.74, 6) is -0.780. The first-order valence-electron chi connectivity index (χ1n) is 4.08. The van der Waals surface area contributed by atoms with Crippen molar-refractivity contribution < 1.29 is 9.90 Å². The molecule has 3 nitrogen and oxygen atoms in total. The number of likely N-dealkylation sites (tertiary alicyclic amines) is 1. The number of hydrogen-bond donors (Lipinski definition) is 1. The highest BCUT2D eigenvalue weighted by atomic mass is 16.4. The monoisotopic (exact) mass is 157 g/mol. The van der Waals surface area contributed by atoms with Crippen molar-refractivity contribution in [3.63, 3.8) is 0 Å². The molecular formula is C8H15NO2. The van der Waals surface area contributed by atoms with Crippen LogP contribution in [0, 0.1) is 5.92 Å². The summed E-state index contributed by atoms with van der Waals surface area (Å²) in [6.45, 7) is 2.82. The van der Waals surface area contributed by atoms with Crippen LogP contribution >= 0.6 is 0 Å². The second-order valence-corrected chi connectivity index (χ2v) is 3.27. The van der Waals surface area contributed by atoms with Crippen LogP contribution in [0.1, 0.15) is 19.8 Å². The number of nitrogens with zero attached hydrogens (tertiary/aromatic N) is 1. The highest BCUT2D eigenvalue weighted by molar-refractivity contribution is 5.70. The van der Waals surface area contributed by atoms with Crippen LogP contribution in [0.15, 0.2) is 0 Å². The highest BCUT2D eigenvalue weighted by Crippen LogP contribution is 2.23. The van der Waals surface area contributed by atoms with Crippen molar-refractivity contribution in [1.29, 1.82) is 0 Å². The van der Waals surface area contributed by atoms with Gasteiger partial charge in [-0.05, 0) is 19.9 Å². The minimum atomic E-state index is -0.646. The number of hydrogen-bond acceptors (Lipinski definition) is 2. The summed E-state index contributed by atoms with van der Waals surface area (Å²) in [7, 11) is 2.00. The van der Waals surface area contributed by atoms with Crippen LogP contribution < -0.4 is 0 Å². The Kier molecular flexibility index (Phi) is 2.49. The predicted molar refractivity (Wildman–Crippen MR) is 42.5 cm³/mol. The molecule has 0 aromatic rings. The van der Waals surface area contributed by atoms with E-state index in [0.717, 1.165) is 12.8 Å². The van der Waals surface area contributed by atoms with E-state index >= 15 is 0 Å². The van der Waals surface area contributed by atoms with Crippen molar-refractivity contribution in [2.24, 2.45) is 5.92 Å². The van der Waals surface area contributed by atoms with Gasteiger partial charge in [-0.3, -0.25) is 4.79 Å². The first-order valence-corrected chi connectivity index (χ1v) is 4.08. The van der Waals surface area contributed by atoms with Crippen LogP contribution in [0.4, 0.5) is 0 Å². The van der Waals surface area contributed by atoms with E-state index < -0.39 is 5.97 Å². The fraction of sp³-hybridized carbons (Fsp3) is 0.875. The zero-order valence-electron chi connectivity index (χ0n) is 7.08. The number of aliphatic carboxylic acids is 1. The molecule has 1 aliphatic heterocycles. The summed E-state index contributed by atoms with van der Waals surface area (Å²) in [4.78, 5) is 12.7. The zero-order chi connectivity index (χ0) is 8.43. The molecular weight excluding hydrogens is 142 g/mol. The van der Waals surface area contributed by atoms with Gasteiger partial charge >= 0.3 is 5.97 Å². The molecule has 2 atom stereocenters. The van der Waals surface area contributed by atoms with Gasteiger partial charge in [0.2, 0.25) is 0 Å². The van der Waals surface area contributed by atoms with Gasteiger partial charge in [0.25, 0.3) is 0 Å². The summed E-state index contributed by atoms with van der Waals surface area (Å²) in [6.07, 6.45) is 1.88. The zero-order valence-corrected chi connectivity index (χ0v) is 7.08. The molecule has 1 N–H and O–H groups in total. The molecule has 0 aromatic carbocycles. The van der Waals surface area contributed by atoms with E-state index in [4.69, 9.17) is 5.11 Å². The summed E-state index contributed by atoms with van der Waals surface area (Å²) in [5, 5.41) is 8.72. The molecule has 0 spiro atoms. The maximum absolute atomic E-state index is 10.6. The van der Waals surface area contributed by atoms with Crippen LogP contribution in [0.3, 0.4) is 0 Å². The Labute approximate surface area is 67.0 Å². The first kappa shape index (κ1) is 8.53. The van der Waals surface area contributed by atoms with Gasteiger partial charge in [-0.1, -0.05) is 6.92 Å². The van der Waals surface area contributed by atoms with Gasteiger partial charge in [0, 0.05) is 12.6 Å². The summed E-state index contributed by atoms with van der Waals surface area (Å²) in [5.41, 5.74) is 0. The van der Waals surface area contributed by atoms with E-state index in [0.29, 0.717) is 12.6 Å². The van der Waals surface area contributed by atoms with Crippen LogP contribution in [0.25, 0.3) is 0 Å². The largest absolute Gasteiger partial charge is 0.481 e. The van der Waals surface area contributed by atoms with Crippen LogP contribution in [0.5, 0.6) is 0 Å². The molecule has 0 aromatic heterocycles. The second-order valence-electron chi connectivity index (χ2n) is 3.27. The van der Waals surface area contributed by atoms with Gasteiger partial charge in [-0.15, -0.1) is 0 Å². The fourth-order valence-corrected chi connectivity index (χ4v) is 1.74. The molecule has 1 saturated heterocycles. The lowest BCUT2D eigenvalue weighted by molar-refractivity contribution is -0.141. The maximum atomic E-state index is 10.6. The van der Waals surface area contributed by atoms with Crippen molar-refractivity contribution in [3.05, 3.63) is 0 Å². The molecule has 0 bridgehead atoms. The smallest absolute Gasteiger partial charge is 0.307 e. The van der Waals surface area contributed by atoms with E-state index in [1.165, 1.54) is 0 Å². The lowest BCUT2D eigenvalue weighted by Gasteiger charge is -2.15. The Morgan fingerprint density at radius 1 is 1.73 bits per heavy atom. The van der Waals surface area contributed by atoms with Crippen molar-refractivity contribution in [1.82, 2.24) is 4.90 Å². The molecule has 3 heteroatoms. The maximum Gasteiger partial charge on any atom is 0.307 e. The first-order chi connectivity index (χ1) is 5.15. The van der Waals surface area contributed by atoms with Gasteiger partial charge in [0.1, 0.15) is 0 Å². The Bertz CT molecular complexity index is 158. The summed E-state index contributed by atoms with van der Waals surface area (Å²) < 4.78 is 0. The Balaban J connectivity index is 2.49. The Hall–Kier alpha value is -0.570. The lowest BCUT2D eigenvalue weighted by atomic mass is 10.1. The Morgan fingerprint density at radius 3 is 2.64 bits per heavy atom. The average molecular weight is 157 g/mol. The fourth-order valence-electron chi connectivity index (χ4n) is 1.74. The summed E-state index contributed by atoms with van der Waals surface area (Å²) in [6, 6.07) is 0.482. The third-order valence-corrected chi connectivity index (χ3v) is 2.51. The standard InChI is InChI=1S/C8H15NO2/c1-3-7-4-6(8(10)11)5-9(7)2/h6-7H,3-5H2,1-2H3,(H,10,11)/t6-,7+/m0/s1. The van der Waals surface area contributed by atoms with Gasteiger partial charge in [0.15, 0.2) is 0 Å². The van der Waals surface area contributed by atoms with E-state index in [1.54, 1.807) is 0 Å². The van der Waals surface area contributed by atoms with Gasteiger partial charge in [-0.2, -0.15) is 0 Å². The molecule has 0 saturated carbocycles. The SMILES string of the molecule is CC[C@@H]1C[C@H](C(=O)O)CN1C. The lowest BCUT2D eigenvalue weighted by Crippen LogP contribution is -2.24. The molecule has 64 valence electrons. The number of carbonyl (C=O) groups is 1.